The number of nitrogens with zero attached hydrogens (tertiary/aromatic N) is 5. The summed E-state index contributed by atoms with van der Waals surface area (Å²) < 4.78 is 40.0. The van der Waals surface area contributed by atoms with Crippen LogP contribution in [0.3, 0.4) is 0 Å². The van der Waals surface area contributed by atoms with E-state index in [0.717, 1.165) is 0 Å². The number of morpholine rings is 1. The van der Waals surface area contributed by atoms with Crippen LogP contribution in [-0.4, -0.2) is 45.7 Å². The molecule has 2 aromatic heterocycles. The number of ether oxygens (including phenoxy) is 2. The van der Waals surface area contributed by atoms with Gasteiger partial charge in [0.15, 0.2) is 0 Å². The number of hydrogen-bond donors (Lipinski definition) is 0. The highest BCUT2D eigenvalue weighted by Gasteiger charge is 2.27. The zero-order valence-corrected chi connectivity index (χ0v) is 19.0. The Morgan fingerprint density at radius 1 is 0.971 bits per heavy atom. The molecule has 2 aromatic carbocycles. The maximum atomic E-state index is 13.8. The van der Waals surface area contributed by atoms with Gasteiger partial charge in [-0.1, -0.05) is 12.1 Å². The molecule has 0 aliphatic carbocycles. The van der Waals surface area contributed by atoms with Gasteiger partial charge in [-0.25, -0.2) is 13.8 Å². The monoisotopic (exact) mass is 479 g/mol. The van der Waals surface area contributed by atoms with Crippen LogP contribution in [0.5, 0.6) is 11.8 Å². The van der Waals surface area contributed by atoms with Gasteiger partial charge in [-0.3, -0.25) is 14.5 Å². The third-order valence-corrected chi connectivity index (χ3v) is 5.71. The van der Waals surface area contributed by atoms with E-state index in [-0.39, 0.29) is 17.4 Å². The Balaban J connectivity index is 1.66. The molecular weight excluding hydrogens is 456 g/mol. The number of rotatable bonds is 6. The van der Waals surface area contributed by atoms with Crippen LogP contribution in [0.1, 0.15) is 6.92 Å². The van der Waals surface area contributed by atoms with Crippen molar-refractivity contribution in [2.24, 2.45) is 0 Å². The van der Waals surface area contributed by atoms with Crippen molar-refractivity contribution in [3.05, 3.63) is 82.8 Å². The lowest BCUT2D eigenvalue weighted by molar-refractivity contribution is 0.105. The zero-order valence-electron chi connectivity index (χ0n) is 19.0. The average Bonchev–Trinajstić information content (AvgIpc) is 3.18. The minimum atomic E-state index is -0.393. The van der Waals surface area contributed by atoms with Gasteiger partial charge in [0.05, 0.1) is 43.3 Å². The highest BCUT2D eigenvalue weighted by molar-refractivity contribution is 5.79. The largest absolute Gasteiger partial charge is 0.424 e. The van der Waals surface area contributed by atoms with E-state index in [1.807, 2.05) is 16.6 Å². The molecule has 0 saturated carbocycles. The second kappa shape index (κ2) is 9.67. The third-order valence-electron chi connectivity index (χ3n) is 5.71. The molecular formula is C25H23F2N5O3. The van der Waals surface area contributed by atoms with Crippen LogP contribution in [-0.2, 0) is 11.3 Å². The quantitative estimate of drug-likeness (QED) is 0.419. The van der Waals surface area contributed by atoms with E-state index in [1.54, 1.807) is 23.0 Å². The molecule has 1 aliphatic heterocycles. The fourth-order valence-corrected chi connectivity index (χ4v) is 4.12. The fraction of sp³-hybridized carbons (Fsp3) is 0.240. The molecule has 10 heteroatoms. The summed E-state index contributed by atoms with van der Waals surface area (Å²) in [6.45, 7) is 4.52. The van der Waals surface area contributed by atoms with Crippen LogP contribution in [0.2, 0.25) is 0 Å². The van der Waals surface area contributed by atoms with Crippen LogP contribution in [0, 0.1) is 11.6 Å². The second-order valence-corrected chi connectivity index (χ2v) is 7.89. The van der Waals surface area contributed by atoms with Gasteiger partial charge in [-0.05, 0) is 55.0 Å². The van der Waals surface area contributed by atoms with Crippen LogP contribution in [0.15, 0.2) is 65.6 Å². The Morgan fingerprint density at radius 3 is 2.29 bits per heavy atom. The SMILES string of the molecule is CCn1c(-c2ccnc(Oc3ccc(F)cc3)n2)c(-c2ccc(F)cc2)c(=O)n1N1CCOCC1. The minimum Gasteiger partial charge on any atom is -0.424 e. The predicted molar refractivity (Wildman–Crippen MR) is 126 cm³/mol. The summed E-state index contributed by atoms with van der Waals surface area (Å²) in [5.74, 6) is -0.399. The molecule has 0 spiro atoms. The van der Waals surface area contributed by atoms with Gasteiger partial charge in [0.1, 0.15) is 17.4 Å². The van der Waals surface area contributed by atoms with Crippen molar-refractivity contribution in [3.8, 4) is 34.3 Å². The Labute approximate surface area is 199 Å². The molecule has 5 rings (SSSR count). The number of aromatic nitrogens is 4. The summed E-state index contributed by atoms with van der Waals surface area (Å²) in [7, 11) is 0. The molecule has 1 aliphatic rings. The minimum absolute atomic E-state index is 0.0494. The van der Waals surface area contributed by atoms with E-state index in [9.17, 15) is 13.6 Å². The number of hydrogen-bond acceptors (Lipinski definition) is 6. The van der Waals surface area contributed by atoms with Crippen molar-refractivity contribution in [1.29, 1.82) is 0 Å². The third kappa shape index (κ3) is 4.52. The molecule has 1 saturated heterocycles. The van der Waals surface area contributed by atoms with E-state index in [1.165, 1.54) is 42.6 Å². The molecule has 0 atom stereocenters. The molecule has 0 bridgehead atoms. The Hall–Kier alpha value is -4.05. The standard InChI is InChI=1S/C25H23F2N5O3/c1-2-31-23(21-11-12-28-25(29-21)35-20-9-7-19(27)8-10-20)22(17-3-5-18(26)6-4-17)24(33)32(31)30-13-15-34-16-14-30/h3-12H,2,13-16H2,1H3. The topological polar surface area (TPSA) is 74.4 Å². The molecule has 1 fully saturated rings. The summed E-state index contributed by atoms with van der Waals surface area (Å²) >= 11 is 0. The van der Waals surface area contributed by atoms with Crippen LogP contribution in [0.4, 0.5) is 8.78 Å². The molecule has 180 valence electrons. The van der Waals surface area contributed by atoms with Gasteiger partial charge in [-0.2, -0.15) is 9.77 Å². The molecule has 0 amide bonds. The van der Waals surface area contributed by atoms with E-state index in [2.05, 4.69) is 9.97 Å². The van der Waals surface area contributed by atoms with Crippen molar-refractivity contribution < 1.29 is 18.3 Å². The van der Waals surface area contributed by atoms with Gasteiger partial charge in [-0.15, -0.1) is 0 Å². The van der Waals surface area contributed by atoms with E-state index < -0.39 is 5.82 Å². The fourth-order valence-electron chi connectivity index (χ4n) is 4.12. The summed E-state index contributed by atoms with van der Waals surface area (Å²) in [5, 5.41) is 1.93. The molecule has 4 aromatic rings. The average molecular weight is 479 g/mol. The molecule has 0 unspecified atom stereocenters. The first kappa shape index (κ1) is 22.7. The van der Waals surface area contributed by atoms with Crippen LogP contribution < -0.4 is 15.3 Å². The lowest BCUT2D eigenvalue weighted by Crippen LogP contribution is -2.50. The Bertz CT molecular complexity index is 1380. The first-order valence-electron chi connectivity index (χ1n) is 11.3. The van der Waals surface area contributed by atoms with Gasteiger partial charge >= 0.3 is 6.01 Å². The lowest BCUT2D eigenvalue weighted by Gasteiger charge is -2.30. The van der Waals surface area contributed by atoms with Crippen molar-refractivity contribution in [2.45, 2.75) is 13.5 Å². The Morgan fingerprint density at radius 2 is 1.63 bits per heavy atom. The van der Waals surface area contributed by atoms with Gasteiger partial charge < -0.3 is 9.47 Å². The number of halogens is 2. The van der Waals surface area contributed by atoms with Gasteiger partial charge in [0.25, 0.3) is 5.56 Å². The first-order valence-corrected chi connectivity index (χ1v) is 11.3. The lowest BCUT2D eigenvalue weighted by atomic mass is 10.0. The van der Waals surface area contributed by atoms with Crippen molar-refractivity contribution in [2.75, 3.05) is 31.3 Å². The number of benzene rings is 2. The van der Waals surface area contributed by atoms with Gasteiger partial charge in [0.2, 0.25) is 0 Å². The summed E-state index contributed by atoms with van der Waals surface area (Å²) in [5.41, 5.74) is 1.74. The van der Waals surface area contributed by atoms with Crippen LogP contribution in [0.25, 0.3) is 22.5 Å². The molecule has 0 radical (unpaired) electrons. The van der Waals surface area contributed by atoms with Crippen molar-refractivity contribution in [3.63, 3.8) is 0 Å². The van der Waals surface area contributed by atoms with Crippen molar-refractivity contribution >= 4 is 0 Å². The summed E-state index contributed by atoms with van der Waals surface area (Å²) in [6, 6.07) is 13.1. The summed E-state index contributed by atoms with van der Waals surface area (Å²) in [4.78, 5) is 24.1. The normalized spacial score (nSPS) is 13.7. The zero-order chi connectivity index (χ0) is 24.4. The molecule has 35 heavy (non-hydrogen) atoms. The Kier molecular flexibility index (Phi) is 6.28. The maximum absolute atomic E-state index is 13.8. The maximum Gasteiger partial charge on any atom is 0.322 e. The van der Waals surface area contributed by atoms with Crippen LogP contribution >= 0.6 is 0 Å². The predicted octanol–water partition coefficient (Wildman–Crippen LogP) is 3.83. The van der Waals surface area contributed by atoms with E-state index in [0.29, 0.717) is 61.1 Å². The second-order valence-electron chi connectivity index (χ2n) is 7.89. The first-order chi connectivity index (χ1) is 17.0. The molecule has 0 N–H and O–H groups in total. The van der Waals surface area contributed by atoms with Gasteiger partial charge in [0, 0.05) is 12.7 Å². The highest BCUT2D eigenvalue weighted by atomic mass is 19.1. The summed E-state index contributed by atoms with van der Waals surface area (Å²) in [6.07, 6.45) is 1.53. The van der Waals surface area contributed by atoms with E-state index in [4.69, 9.17) is 9.47 Å². The van der Waals surface area contributed by atoms with Crippen molar-refractivity contribution in [1.82, 2.24) is 19.4 Å². The van der Waals surface area contributed by atoms with E-state index >= 15 is 0 Å². The smallest absolute Gasteiger partial charge is 0.322 e. The molecule has 3 heterocycles. The highest BCUT2D eigenvalue weighted by Crippen LogP contribution is 2.31. The molecule has 8 nitrogen and oxygen atoms in total.